The number of benzene rings is 2. The van der Waals surface area contributed by atoms with Crippen molar-refractivity contribution in [3.63, 3.8) is 0 Å². The van der Waals surface area contributed by atoms with Crippen molar-refractivity contribution in [3.8, 4) is 11.3 Å². The molecule has 0 fully saturated rings. The van der Waals surface area contributed by atoms with Gasteiger partial charge in [-0.2, -0.15) is 0 Å². The van der Waals surface area contributed by atoms with Crippen LogP contribution in [0.15, 0.2) is 65.8 Å². The highest BCUT2D eigenvalue weighted by Crippen LogP contribution is 2.35. The average molecular weight is 437 g/mol. The Kier molecular flexibility index (Phi) is 4.95. The van der Waals surface area contributed by atoms with Crippen molar-refractivity contribution in [1.29, 1.82) is 0 Å². The number of H-pyrrole nitrogens is 1. The quantitative estimate of drug-likeness (QED) is 0.432. The predicted octanol–water partition coefficient (Wildman–Crippen LogP) is 5.91. The van der Waals surface area contributed by atoms with Crippen LogP contribution in [0.3, 0.4) is 0 Å². The molecule has 0 aliphatic carbocycles. The van der Waals surface area contributed by atoms with Gasteiger partial charge >= 0.3 is 0 Å². The molecule has 0 radical (unpaired) electrons. The summed E-state index contributed by atoms with van der Waals surface area (Å²) in [4.78, 5) is 14.8. The second-order valence-electron chi connectivity index (χ2n) is 7.04. The number of rotatable bonds is 4. The van der Waals surface area contributed by atoms with Crippen molar-refractivity contribution in [3.05, 3.63) is 82.0 Å². The van der Waals surface area contributed by atoms with Gasteiger partial charge in [0.2, 0.25) is 6.35 Å². The summed E-state index contributed by atoms with van der Waals surface area (Å²) in [6.45, 7) is 0.527. The summed E-state index contributed by atoms with van der Waals surface area (Å²) in [5, 5.41) is 2.21. The number of aromatic nitrogens is 2. The lowest BCUT2D eigenvalue weighted by Crippen LogP contribution is -2.38. The highest BCUT2D eigenvalue weighted by atomic mass is 35.5. The van der Waals surface area contributed by atoms with Crippen LogP contribution in [0, 0.1) is 0 Å². The van der Waals surface area contributed by atoms with Crippen molar-refractivity contribution in [2.75, 3.05) is 12.0 Å². The third-order valence-corrected chi connectivity index (χ3v) is 5.84. The van der Waals surface area contributed by atoms with Gasteiger partial charge in [0.15, 0.2) is 0 Å². The molecule has 3 heterocycles. The van der Waals surface area contributed by atoms with Crippen LogP contribution < -0.4 is 4.90 Å². The van der Waals surface area contributed by atoms with Gasteiger partial charge < -0.3 is 14.6 Å². The Bertz CT molecular complexity index is 1270. The van der Waals surface area contributed by atoms with E-state index in [1.165, 1.54) is 0 Å². The van der Waals surface area contributed by atoms with Crippen LogP contribution in [0.1, 0.15) is 11.1 Å². The molecule has 2 aromatic carbocycles. The maximum Gasteiger partial charge on any atom is 0.229 e. The molecule has 30 heavy (non-hydrogen) atoms. The number of aliphatic imine (C=N–C) groups is 1. The number of hydrogen-bond acceptors (Lipinski definition) is 4. The van der Waals surface area contributed by atoms with Gasteiger partial charge in [0.05, 0.1) is 22.8 Å². The first-order valence-corrected chi connectivity index (χ1v) is 10.2. The number of ether oxygens (including phenoxy) is 1. The Hall–Kier alpha value is -2.86. The first-order valence-electron chi connectivity index (χ1n) is 9.49. The molecule has 0 amide bonds. The molecular formula is C23H18Cl2N4O. The molecule has 5 rings (SSSR count). The fourth-order valence-corrected chi connectivity index (χ4v) is 4.25. The molecule has 0 spiro atoms. The number of anilines is 1. The first-order chi connectivity index (χ1) is 14.7. The third-order valence-electron chi connectivity index (χ3n) is 5.21. The van der Waals surface area contributed by atoms with Crippen molar-refractivity contribution in [2.45, 2.75) is 12.9 Å². The van der Waals surface area contributed by atoms with Crippen LogP contribution in [-0.2, 0) is 11.3 Å². The van der Waals surface area contributed by atoms with Crippen molar-refractivity contribution < 1.29 is 4.74 Å². The standard InChI is InChI=1S/C23H18Cl2N4O/c1-30-23-27-12-15-9-10-26-22(15)29(23)13-16-11-14-5-4-8-19(25)21(14)28-20(16)17-6-2-3-7-18(17)24/h2-12,23,26H,13H2,1H3. The molecule has 0 bridgehead atoms. The summed E-state index contributed by atoms with van der Waals surface area (Å²) < 4.78 is 5.62. The minimum absolute atomic E-state index is 0.440. The topological polar surface area (TPSA) is 53.5 Å². The summed E-state index contributed by atoms with van der Waals surface area (Å²) in [6.07, 6.45) is 3.28. The SMILES string of the molecule is COC1N=Cc2cc[nH]c2N1Cc1cc2cccc(Cl)c2nc1-c1ccccc1Cl. The number of nitrogens with one attached hydrogen (secondary N) is 1. The lowest BCUT2D eigenvalue weighted by Gasteiger charge is -2.32. The van der Waals surface area contributed by atoms with Gasteiger partial charge in [-0.15, -0.1) is 0 Å². The number of fused-ring (bicyclic) bond motifs is 2. The summed E-state index contributed by atoms with van der Waals surface area (Å²) in [5.41, 5.74) is 4.41. The first kappa shape index (κ1) is 19.1. The van der Waals surface area contributed by atoms with E-state index in [1.54, 1.807) is 7.11 Å². The van der Waals surface area contributed by atoms with E-state index in [-0.39, 0.29) is 0 Å². The molecule has 2 aromatic heterocycles. The molecule has 150 valence electrons. The van der Waals surface area contributed by atoms with E-state index in [4.69, 9.17) is 32.9 Å². The summed E-state index contributed by atoms with van der Waals surface area (Å²) in [5.74, 6) is 0.952. The molecule has 1 atom stereocenters. The number of para-hydroxylation sites is 1. The monoisotopic (exact) mass is 436 g/mol. The van der Waals surface area contributed by atoms with Gasteiger partial charge in [0.1, 0.15) is 5.82 Å². The summed E-state index contributed by atoms with van der Waals surface area (Å²) in [6, 6.07) is 17.6. The smallest absolute Gasteiger partial charge is 0.229 e. The van der Waals surface area contributed by atoms with Gasteiger partial charge in [-0.1, -0.05) is 53.5 Å². The van der Waals surface area contributed by atoms with E-state index in [2.05, 4.69) is 20.9 Å². The number of pyridine rings is 1. The molecule has 0 saturated heterocycles. The second kappa shape index (κ2) is 7.76. The molecule has 1 N–H and O–H groups in total. The van der Waals surface area contributed by atoms with Crippen LogP contribution in [0.25, 0.3) is 22.2 Å². The molecule has 0 saturated carbocycles. The number of hydrogen-bond donors (Lipinski definition) is 1. The number of aromatic amines is 1. The molecule has 4 aromatic rings. The van der Waals surface area contributed by atoms with Crippen LogP contribution in [0.5, 0.6) is 0 Å². The van der Waals surface area contributed by atoms with Crippen molar-refractivity contribution in [1.82, 2.24) is 9.97 Å². The van der Waals surface area contributed by atoms with Crippen LogP contribution in [-0.4, -0.2) is 29.6 Å². The maximum absolute atomic E-state index is 6.54. The zero-order valence-corrected chi connectivity index (χ0v) is 17.7. The van der Waals surface area contributed by atoms with E-state index in [0.29, 0.717) is 16.6 Å². The minimum Gasteiger partial charge on any atom is -0.348 e. The van der Waals surface area contributed by atoms with Gasteiger partial charge in [-0.3, -0.25) is 0 Å². The van der Waals surface area contributed by atoms with E-state index < -0.39 is 6.35 Å². The largest absolute Gasteiger partial charge is 0.348 e. The Morgan fingerprint density at radius 2 is 1.90 bits per heavy atom. The van der Waals surface area contributed by atoms with E-state index in [1.807, 2.05) is 60.9 Å². The normalized spacial score (nSPS) is 15.6. The minimum atomic E-state index is -0.440. The zero-order chi connectivity index (χ0) is 20.7. The van der Waals surface area contributed by atoms with Crippen molar-refractivity contribution in [2.24, 2.45) is 4.99 Å². The summed E-state index contributed by atoms with van der Waals surface area (Å²) in [7, 11) is 1.65. The lowest BCUT2D eigenvalue weighted by molar-refractivity contribution is 0.104. The Morgan fingerprint density at radius 3 is 2.73 bits per heavy atom. The summed E-state index contributed by atoms with van der Waals surface area (Å²) >= 11 is 13.0. The number of methoxy groups -OCH3 is 1. The van der Waals surface area contributed by atoms with Crippen molar-refractivity contribution >= 4 is 46.1 Å². The average Bonchev–Trinajstić information content (AvgIpc) is 3.24. The lowest BCUT2D eigenvalue weighted by atomic mass is 10.0. The van der Waals surface area contributed by atoms with Gasteiger partial charge in [-0.25, -0.2) is 9.98 Å². The van der Waals surface area contributed by atoms with Crippen LogP contribution >= 0.6 is 23.2 Å². The molecular weight excluding hydrogens is 419 g/mol. The fraction of sp³-hybridized carbons (Fsp3) is 0.130. The molecule has 7 heteroatoms. The van der Waals surface area contributed by atoms with Crippen LogP contribution in [0.2, 0.25) is 10.0 Å². The predicted molar refractivity (Wildman–Crippen MR) is 123 cm³/mol. The Balaban J connectivity index is 1.69. The van der Waals surface area contributed by atoms with E-state index in [9.17, 15) is 0 Å². The van der Waals surface area contributed by atoms with Crippen LogP contribution in [0.4, 0.5) is 5.82 Å². The Morgan fingerprint density at radius 1 is 1.07 bits per heavy atom. The Labute approximate surface area is 183 Å². The zero-order valence-electron chi connectivity index (χ0n) is 16.1. The fourth-order valence-electron chi connectivity index (χ4n) is 3.80. The number of halogens is 2. The third kappa shape index (κ3) is 3.25. The van der Waals surface area contributed by atoms with Gasteiger partial charge in [0.25, 0.3) is 0 Å². The molecule has 5 nitrogen and oxygen atoms in total. The molecule has 1 aliphatic rings. The molecule has 1 unspecified atom stereocenters. The maximum atomic E-state index is 6.54. The highest BCUT2D eigenvalue weighted by molar-refractivity contribution is 6.35. The molecule has 1 aliphatic heterocycles. The van der Waals surface area contributed by atoms with Gasteiger partial charge in [-0.05, 0) is 29.8 Å². The number of nitrogens with zero attached hydrogens (tertiary/aromatic N) is 3. The highest BCUT2D eigenvalue weighted by Gasteiger charge is 2.26. The second-order valence-corrected chi connectivity index (χ2v) is 7.85. The van der Waals surface area contributed by atoms with E-state index >= 15 is 0 Å². The van der Waals surface area contributed by atoms with Gasteiger partial charge in [0, 0.05) is 41.1 Å². The van der Waals surface area contributed by atoms with E-state index in [0.717, 1.165) is 39.1 Å².